The average Bonchev–Trinajstić information content (AvgIpc) is 2.43. The first-order chi connectivity index (χ1) is 7.47. The van der Waals surface area contributed by atoms with Gasteiger partial charge in [0.15, 0.2) is 11.4 Å². The molecule has 4 nitrogen and oxygen atoms in total. The molecule has 0 radical (unpaired) electrons. The van der Waals surface area contributed by atoms with E-state index in [9.17, 15) is 4.79 Å². The highest BCUT2D eigenvalue weighted by molar-refractivity contribution is 5.69. The van der Waals surface area contributed by atoms with Crippen LogP contribution in [0.3, 0.4) is 0 Å². The second kappa shape index (κ2) is 3.56. The van der Waals surface area contributed by atoms with Gasteiger partial charge in [0.2, 0.25) is 0 Å². The minimum Gasteiger partial charge on any atom is -0.508 e. The number of carbonyl (C=O) groups is 1. The van der Waals surface area contributed by atoms with Gasteiger partial charge in [-0.05, 0) is 37.6 Å². The molecule has 1 aromatic carbocycles. The van der Waals surface area contributed by atoms with Crippen LogP contribution >= 0.6 is 0 Å². The molecule has 0 amide bonds. The number of ether oxygens (including phenoxy) is 2. The van der Waals surface area contributed by atoms with Gasteiger partial charge in [-0.3, -0.25) is 0 Å². The molecule has 0 atom stereocenters. The summed E-state index contributed by atoms with van der Waals surface area (Å²) in [6.45, 7) is 3.51. The number of rotatable bonds is 1. The fraction of sp³-hybridized carbons (Fsp3) is 0.250. The molecule has 84 valence electrons. The molecule has 0 aliphatic carbocycles. The summed E-state index contributed by atoms with van der Waals surface area (Å²) in [5, 5.41) is 9.13. The van der Waals surface area contributed by atoms with Gasteiger partial charge < -0.3 is 14.6 Å². The Kier molecular flexibility index (Phi) is 2.34. The molecule has 1 aliphatic rings. The Balaban J connectivity index is 2.31. The molecule has 1 fully saturated rings. The van der Waals surface area contributed by atoms with Crippen LogP contribution in [-0.2, 0) is 9.47 Å². The lowest BCUT2D eigenvalue weighted by molar-refractivity contribution is 0.0873. The first-order valence-electron chi connectivity index (χ1n) is 4.89. The lowest BCUT2D eigenvalue weighted by atomic mass is 10.0. The highest BCUT2D eigenvalue weighted by atomic mass is 16.8. The number of hydrogen-bond acceptors (Lipinski definition) is 4. The first kappa shape index (κ1) is 10.5. The van der Waals surface area contributed by atoms with Gasteiger partial charge in [-0.1, -0.05) is 12.1 Å². The fourth-order valence-electron chi connectivity index (χ4n) is 1.42. The molecule has 0 aromatic heterocycles. The second-order valence-corrected chi connectivity index (χ2v) is 4.06. The fourth-order valence-corrected chi connectivity index (χ4v) is 1.42. The predicted octanol–water partition coefficient (Wildman–Crippen LogP) is 2.68. The highest BCUT2D eigenvalue weighted by Gasteiger charge is 2.38. The minimum absolute atomic E-state index is 0.195. The number of benzene rings is 1. The molecule has 2 rings (SSSR count). The van der Waals surface area contributed by atoms with Gasteiger partial charge in [-0.15, -0.1) is 0 Å². The molecule has 0 unspecified atom stereocenters. The van der Waals surface area contributed by atoms with Crippen LogP contribution in [0.5, 0.6) is 5.75 Å². The molecule has 1 N–H and O–H groups in total. The second-order valence-electron chi connectivity index (χ2n) is 4.06. The monoisotopic (exact) mass is 220 g/mol. The van der Waals surface area contributed by atoms with E-state index in [-0.39, 0.29) is 5.75 Å². The van der Waals surface area contributed by atoms with Crippen molar-refractivity contribution in [3.8, 4) is 5.75 Å². The topological polar surface area (TPSA) is 55.8 Å². The Hall–Kier alpha value is -1.97. The van der Waals surface area contributed by atoms with Crippen LogP contribution in [0.25, 0.3) is 6.08 Å². The lowest BCUT2D eigenvalue weighted by Gasteiger charge is -2.13. The average molecular weight is 220 g/mol. The van der Waals surface area contributed by atoms with Gasteiger partial charge in [0.05, 0.1) is 0 Å². The summed E-state index contributed by atoms with van der Waals surface area (Å²) in [5.74, 6) is 0.657. The van der Waals surface area contributed by atoms with E-state index in [0.29, 0.717) is 5.76 Å². The maximum atomic E-state index is 11.0. The number of phenolic OH excluding ortho intramolecular Hbond substituents is 1. The Bertz CT molecular complexity index is 443. The van der Waals surface area contributed by atoms with Crippen molar-refractivity contribution < 1.29 is 19.4 Å². The van der Waals surface area contributed by atoms with Crippen molar-refractivity contribution in [2.24, 2.45) is 0 Å². The molecule has 1 heterocycles. The van der Waals surface area contributed by atoms with Gasteiger partial charge in [-0.25, -0.2) is 4.79 Å². The zero-order chi connectivity index (χ0) is 11.8. The quantitative estimate of drug-likeness (QED) is 0.739. The van der Waals surface area contributed by atoms with Crippen molar-refractivity contribution in [1.82, 2.24) is 0 Å². The summed E-state index contributed by atoms with van der Waals surface area (Å²) in [7, 11) is 0. The molecule has 1 saturated heterocycles. The third-order valence-corrected chi connectivity index (χ3v) is 2.32. The maximum absolute atomic E-state index is 11.0. The van der Waals surface area contributed by atoms with Crippen molar-refractivity contribution in [2.45, 2.75) is 19.4 Å². The molecule has 1 aliphatic heterocycles. The molecule has 0 spiro atoms. The highest BCUT2D eigenvalue weighted by Crippen LogP contribution is 2.31. The number of phenols is 1. The Morgan fingerprint density at radius 3 is 2.38 bits per heavy atom. The van der Waals surface area contributed by atoms with Crippen LogP contribution in [0.4, 0.5) is 4.79 Å². The van der Waals surface area contributed by atoms with Crippen molar-refractivity contribution >= 4 is 12.2 Å². The van der Waals surface area contributed by atoms with Crippen molar-refractivity contribution in [1.29, 1.82) is 0 Å². The van der Waals surface area contributed by atoms with Gasteiger partial charge in [0.25, 0.3) is 0 Å². The van der Waals surface area contributed by atoms with Gasteiger partial charge in [0.1, 0.15) is 5.75 Å². The van der Waals surface area contributed by atoms with E-state index in [0.717, 1.165) is 5.56 Å². The van der Waals surface area contributed by atoms with Crippen LogP contribution in [0.1, 0.15) is 19.4 Å². The van der Waals surface area contributed by atoms with E-state index in [1.807, 2.05) is 0 Å². The van der Waals surface area contributed by atoms with E-state index in [4.69, 9.17) is 14.6 Å². The SMILES string of the molecule is CC1(C)OC(=O)OC1=Cc1ccc(O)cc1. The zero-order valence-electron chi connectivity index (χ0n) is 9.06. The summed E-state index contributed by atoms with van der Waals surface area (Å²) in [4.78, 5) is 11.0. The lowest BCUT2D eigenvalue weighted by Crippen LogP contribution is -2.20. The summed E-state index contributed by atoms with van der Waals surface area (Å²) >= 11 is 0. The van der Waals surface area contributed by atoms with E-state index in [1.54, 1.807) is 44.2 Å². The van der Waals surface area contributed by atoms with Crippen LogP contribution in [0.2, 0.25) is 0 Å². The Morgan fingerprint density at radius 2 is 1.88 bits per heavy atom. The summed E-state index contributed by atoms with van der Waals surface area (Å²) in [5.41, 5.74) is 0.0915. The normalized spacial score (nSPS) is 20.6. The van der Waals surface area contributed by atoms with Crippen molar-refractivity contribution in [3.05, 3.63) is 35.6 Å². The van der Waals surface area contributed by atoms with Crippen molar-refractivity contribution in [3.63, 3.8) is 0 Å². The van der Waals surface area contributed by atoms with Crippen LogP contribution < -0.4 is 0 Å². The largest absolute Gasteiger partial charge is 0.514 e. The summed E-state index contributed by atoms with van der Waals surface area (Å²) in [6, 6.07) is 6.59. The Morgan fingerprint density at radius 1 is 1.25 bits per heavy atom. The van der Waals surface area contributed by atoms with Crippen LogP contribution in [-0.4, -0.2) is 16.9 Å². The number of hydrogen-bond donors (Lipinski definition) is 1. The minimum atomic E-state index is -0.741. The molecule has 0 bridgehead atoms. The van der Waals surface area contributed by atoms with E-state index >= 15 is 0 Å². The standard InChI is InChI=1S/C12H12O4/c1-12(2)10(15-11(14)16-12)7-8-3-5-9(13)6-4-8/h3-7,13H,1-2H3. The van der Waals surface area contributed by atoms with E-state index in [1.165, 1.54) is 0 Å². The van der Waals surface area contributed by atoms with Gasteiger partial charge in [0, 0.05) is 0 Å². The van der Waals surface area contributed by atoms with Crippen molar-refractivity contribution in [2.75, 3.05) is 0 Å². The predicted molar refractivity (Wildman–Crippen MR) is 57.7 cm³/mol. The molecule has 16 heavy (non-hydrogen) atoms. The van der Waals surface area contributed by atoms with Gasteiger partial charge >= 0.3 is 6.16 Å². The number of aromatic hydroxyl groups is 1. The number of cyclic esters (lactones) is 2. The smallest absolute Gasteiger partial charge is 0.508 e. The third kappa shape index (κ3) is 2.00. The maximum Gasteiger partial charge on any atom is 0.514 e. The molecular formula is C12H12O4. The number of carbonyl (C=O) groups excluding carboxylic acids is 1. The first-order valence-corrected chi connectivity index (χ1v) is 4.89. The molecule has 4 heteroatoms. The third-order valence-electron chi connectivity index (χ3n) is 2.32. The summed E-state index contributed by atoms with van der Waals surface area (Å²) in [6.07, 6.45) is 1.03. The zero-order valence-corrected chi connectivity index (χ0v) is 9.06. The Labute approximate surface area is 93.1 Å². The summed E-state index contributed by atoms with van der Waals surface area (Å²) < 4.78 is 9.93. The molecule has 1 aromatic rings. The van der Waals surface area contributed by atoms with E-state index < -0.39 is 11.8 Å². The van der Waals surface area contributed by atoms with Crippen LogP contribution in [0, 0.1) is 0 Å². The van der Waals surface area contributed by atoms with E-state index in [2.05, 4.69) is 0 Å². The van der Waals surface area contributed by atoms with Gasteiger partial charge in [-0.2, -0.15) is 0 Å². The molecule has 0 saturated carbocycles. The molecular weight excluding hydrogens is 208 g/mol. The van der Waals surface area contributed by atoms with Crippen LogP contribution in [0.15, 0.2) is 30.0 Å².